The Morgan fingerprint density at radius 2 is 1.94 bits per heavy atom. The number of nitrogens with zero attached hydrogens (tertiary/aromatic N) is 1. The van der Waals surface area contributed by atoms with Gasteiger partial charge in [0.2, 0.25) is 0 Å². The molecule has 0 bridgehead atoms. The molecule has 0 amide bonds. The summed E-state index contributed by atoms with van der Waals surface area (Å²) in [7, 11) is 2.42. The lowest BCUT2D eigenvalue weighted by Crippen LogP contribution is -2.48. The molecule has 1 nitrogen and oxygen atoms in total. The molecule has 0 radical (unpaired) electrons. The number of quaternary nitrogens is 1. The third-order valence-electron chi connectivity index (χ3n) is 4.04. The van der Waals surface area contributed by atoms with Crippen LogP contribution in [-0.2, 0) is 0 Å². The predicted molar refractivity (Wildman–Crippen MR) is 77.0 cm³/mol. The van der Waals surface area contributed by atoms with Gasteiger partial charge in [-0.05, 0) is 50.5 Å². The molecule has 0 saturated carbocycles. The molecule has 1 atom stereocenters. The van der Waals surface area contributed by atoms with E-state index in [4.69, 9.17) is 0 Å². The molecular formula is C16H30N+. The molecule has 0 N–H and O–H groups in total. The lowest BCUT2D eigenvalue weighted by atomic mass is 10.0. The number of likely N-dealkylation sites (tertiary alicyclic amines) is 1. The zero-order valence-corrected chi connectivity index (χ0v) is 12.0. The summed E-state index contributed by atoms with van der Waals surface area (Å²) in [6.07, 6.45) is 11.2. The first-order valence-corrected chi connectivity index (χ1v) is 7.17. The summed E-state index contributed by atoms with van der Waals surface area (Å²) in [4.78, 5) is 0. The normalized spacial score (nSPS) is 22.2. The zero-order valence-electron chi connectivity index (χ0n) is 12.0. The fourth-order valence-electron chi connectivity index (χ4n) is 2.81. The molecule has 1 heteroatoms. The van der Waals surface area contributed by atoms with Gasteiger partial charge in [-0.25, -0.2) is 0 Å². The molecule has 1 heterocycles. The van der Waals surface area contributed by atoms with Gasteiger partial charge in [-0.15, -0.1) is 6.58 Å². The van der Waals surface area contributed by atoms with E-state index >= 15 is 0 Å². The molecule has 17 heavy (non-hydrogen) atoms. The Labute approximate surface area is 108 Å². The Balaban J connectivity index is 2.33. The molecule has 0 aromatic rings. The van der Waals surface area contributed by atoms with Gasteiger partial charge in [0, 0.05) is 0 Å². The van der Waals surface area contributed by atoms with Crippen molar-refractivity contribution in [3.05, 3.63) is 24.3 Å². The summed E-state index contributed by atoms with van der Waals surface area (Å²) in [5.41, 5.74) is 1.57. The number of hydrogen-bond donors (Lipinski definition) is 0. The number of likely N-dealkylation sites (N-methyl/N-ethyl adjacent to an activating group) is 1. The number of hydrogen-bond acceptors (Lipinski definition) is 0. The monoisotopic (exact) mass is 236 g/mol. The lowest BCUT2D eigenvalue weighted by Gasteiger charge is -2.38. The van der Waals surface area contributed by atoms with Crippen LogP contribution in [0.25, 0.3) is 0 Å². The van der Waals surface area contributed by atoms with Crippen LogP contribution in [0.2, 0.25) is 0 Å². The van der Waals surface area contributed by atoms with Crippen LogP contribution in [0.15, 0.2) is 24.3 Å². The zero-order chi connectivity index (χ0) is 12.7. The Kier molecular flexibility index (Phi) is 5.97. The van der Waals surface area contributed by atoms with Crippen LogP contribution in [0.4, 0.5) is 0 Å². The number of allylic oxidation sites excluding steroid dienone is 2. The van der Waals surface area contributed by atoms with Crippen LogP contribution in [0.1, 0.15) is 46.0 Å². The first-order chi connectivity index (χ1) is 8.06. The van der Waals surface area contributed by atoms with Gasteiger partial charge in [-0.2, -0.15) is 0 Å². The highest BCUT2D eigenvalue weighted by atomic mass is 15.3. The molecule has 1 fully saturated rings. The van der Waals surface area contributed by atoms with Gasteiger partial charge in [0.15, 0.2) is 0 Å². The summed E-state index contributed by atoms with van der Waals surface area (Å²) in [6.45, 7) is 12.4. The van der Waals surface area contributed by atoms with Crippen molar-refractivity contribution in [3.8, 4) is 0 Å². The Hall–Kier alpha value is -0.560. The van der Waals surface area contributed by atoms with Crippen molar-refractivity contribution in [3.63, 3.8) is 0 Å². The van der Waals surface area contributed by atoms with Crippen molar-refractivity contribution in [2.24, 2.45) is 5.92 Å². The van der Waals surface area contributed by atoms with Crippen LogP contribution in [0, 0.1) is 5.92 Å². The summed E-state index contributed by atoms with van der Waals surface area (Å²) in [5, 5.41) is 0. The van der Waals surface area contributed by atoms with Crippen LogP contribution < -0.4 is 0 Å². The van der Waals surface area contributed by atoms with E-state index in [1.807, 2.05) is 0 Å². The van der Waals surface area contributed by atoms with E-state index in [1.54, 1.807) is 5.57 Å². The van der Waals surface area contributed by atoms with E-state index < -0.39 is 0 Å². The quantitative estimate of drug-likeness (QED) is 0.480. The predicted octanol–water partition coefficient (Wildman–Crippen LogP) is 4.17. The SMILES string of the molecule is C=CC(C)CCC=C(C)C[N+]1(C)CCCCC1. The molecule has 0 aromatic carbocycles. The summed E-state index contributed by atoms with van der Waals surface area (Å²) < 4.78 is 1.26. The average Bonchev–Trinajstić information content (AvgIpc) is 2.29. The van der Waals surface area contributed by atoms with Gasteiger partial charge >= 0.3 is 0 Å². The van der Waals surface area contributed by atoms with E-state index in [-0.39, 0.29) is 0 Å². The van der Waals surface area contributed by atoms with Crippen LogP contribution >= 0.6 is 0 Å². The molecule has 98 valence electrons. The minimum Gasteiger partial charge on any atom is -0.323 e. The fraction of sp³-hybridized carbons (Fsp3) is 0.750. The van der Waals surface area contributed by atoms with Crippen molar-refractivity contribution in [1.82, 2.24) is 0 Å². The average molecular weight is 236 g/mol. The van der Waals surface area contributed by atoms with Crippen molar-refractivity contribution < 1.29 is 4.48 Å². The van der Waals surface area contributed by atoms with Gasteiger partial charge in [0.1, 0.15) is 0 Å². The first kappa shape index (κ1) is 14.5. The van der Waals surface area contributed by atoms with E-state index in [0.29, 0.717) is 5.92 Å². The van der Waals surface area contributed by atoms with Crippen LogP contribution in [0.3, 0.4) is 0 Å². The molecule has 1 unspecified atom stereocenters. The minimum atomic E-state index is 0.652. The second kappa shape index (κ2) is 7.00. The van der Waals surface area contributed by atoms with Gasteiger partial charge in [0.25, 0.3) is 0 Å². The molecule has 1 aliphatic rings. The van der Waals surface area contributed by atoms with Crippen LogP contribution in [-0.4, -0.2) is 31.2 Å². The lowest BCUT2D eigenvalue weighted by molar-refractivity contribution is -0.909. The largest absolute Gasteiger partial charge is 0.323 e. The fourth-order valence-corrected chi connectivity index (χ4v) is 2.81. The molecule has 0 spiro atoms. The smallest absolute Gasteiger partial charge is 0.0998 e. The van der Waals surface area contributed by atoms with Gasteiger partial charge in [0.05, 0.1) is 26.7 Å². The van der Waals surface area contributed by atoms with Crippen molar-refractivity contribution in [2.75, 3.05) is 26.7 Å². The Morgan fingerprint density at radius 3 is 2.53 bits per heavy atom. The molecule has 0 aliphatic carbocycles. The molecule has 1 rings (SSSR count). The second-order valence-corrected chi connectivity index (χ2v) is 6.13. The maximum atomic E-state index is 3.84. The Bertz CT molecular complexity index is 259. The third kappa shape index (κ3) is 5.54. The summed E-state index contributed by atoms with van der Waals surface area (Å²) >= 11 is 0. The van der Waals surface area contributed by atoms with E-state index in [0.717, 1.165) is 0 Å². The first-order valence-electron chi connectivity index (χ1n) is 7.17. The van der Waals surface area contributed by atoms with Crippen molar-refractivity contribution in [1.29, 1.82) is 0 Å². The molecule has 1 aliphatic heterocycles. The second-order valence-electron chi connectivity index (χ2n) is 6.13. The summed E-state index contributed by atoms with van der Waals surface area (Å²) in [5.74, 6) is 0.652. The van der Waals surface area contributed by atoms with E-state index in [2.05, 4.69) is 39.6 Å². The Morgan fingerprint density at radius 1 is 1.29 bits per heavy atom. The van der Waals surface area contributed by atoms with E-state index in [9.17, 15) is 0 Å². The standard InChI is InChI=1S/C16H30N/c1-5-15(2)10-9-11-16(3)14-17(4)12-7-6-8-13-17/h5,11,15H,1,6-10,12-14H2,2-4H3/q+1. The highest BCUT2D eigenvalue weighted by molar-refractivity contribution is 4.98. The summed E-state index contributed by atoms with van der Waals surface area (Å²) in [6, 6.07) is 0. The van der Waals surface area contributed by atoms with Crippen molar-refractivity contribution >= 4 is 0 Å². The van der Waals surface area contributed by atoms with Gasteiger partial charge in [-0.3, -0.25) is 0 Å². The number of rotatable bonds is 6. The van der Waals surface area contributed by atoms with Crippen molar-refractivity contribution in [2.45, 2.75) is 46.0 Å². The maximum Gasteiger partial charge on any atom is 0.0998 e. The molecular weight excluding hydrogens is 206 g/mol. The number of piperidine rings is 1. The highest BCUT2D eigenvalue weighted by Gasteiger charge is 2.24. The topological polar surface area (TPSA) is 0 Å². The maximum absolute atomic E-state index is 3.84. The molecule has 1 saturated heterocycles. The highest BCUT2D eigenvalue weighted by Crippen LogP contribution is 2.18. The molecule has 0 aromatic heterocycles. The van der Waals surface area contributed by atoms with Crippen LogP contribution in [0.5, 0.6) is 0 Å². The minimum absolute atomic E-state index is 0.652. The van der Waals surface area contributed by atoms with Gasteiger partial charge in [-0.1, -0.05) is 19.1 Å². The third-order valence-corrected chi connectivity index (χ3v) is 4.04. The van der Waals surface area contributed by atoms with Gasteiger partial charge < -0.3 is 4.48 Å². The van der Waals surface area contributed by atoms with E-state index in [1.165, 1.54) is 56.2 Å².